The van der Waals surface area contributed by atoms with Crippen molar-refractivity contribution in [2.75, 3.05) is 13.1 Å². The maximum absolute atomic E-state index is 12.1. The van der Waals surface area contributed by atoms with E-state index in [1.807, 2.05) is 12.1 Å². The Morgan fingerprint density at radius 3 is 2.76 bits per heavy atom. The normalized spacial score (nSPS) is 38.6. The summed E-state index contributed by atoms with van der Waals surface area (Å²) in [7, 11) is 0. The lowest BCUT2D eigenvalue weighted by molar-refractivity contribution is -0.156. The van der Waals surface area contributed by atoms with E-state index in [4.69, 9.17) is 0 Å². The predicted octanol–water partition coefficient (Wildman–Crippen LogP) is 2.00. The molecule has 0 spiro atoms. The number of hydrogen-bond acceptors (Lipinski definition) is 5. The molecule has 5 nitrogen and oxygen atoms in total. The van der Waals surface area contributed by atoms with Crippen molar-refractivity contribution < 1.29 is 15.3 Å². The summed E-state index contributed by atoms with van der Waals surface area (Å²) in [6, 6.07) is 3.75. The van der Waals surface area contributed by atoms with E-state index in [0.717, 1.165) is 43.8 Å². The van der Waals surface area contributed by atoms with Gasteiger partial charge in [-0.25, -0.2) is 0 Å². The molecule has 5 atom stereocenters. The number of phenols is 1. The summed E-state index contributed by atoms with van der Waals surface area (Å²) >= 11 is 0. The zero-order valence-corrected chi connectivity index (χ0v) is 17.7. The van der Waals surface area contributed by atoms with Gasteiger partial charge in [0.25, 0.3) is 0 Å². The SMILES string of the molecule is CC(C)CNC1CC2(O)C3Cc4c(CC5CC5)cc(O)cc4C2(CCN3)CC1O. The van der Waals surface area contributed by atoms with Gasteiger partial charge in [0, 0.05) is 17.5 Å². The molecule has 3 fully saturated rings. The summed E-state index contributed by atoms with van der Waals surface area (Å²) in [5.74, 6) is 1.55. The molecule has 1 aromatic rings. The minimum absolute atomic E-state index is 0.00194. The number of hydrogen-bond donors (Lipinski definition) is 5. The molecule has 0 aromatic heterocycles. The van der Waals surface area contributed by atoms with E-state index < -0.39 is 17.1 Å². The second-order valence-electron chi connectivity index (χ2n) is 10.6. The van der Waals surface area contributed by atoms with E-state index in [1.54, 1.807) is 0 Å². The molecule has 2 saturated carbocycles. The first-order valence-corrected chi connectivity index (χ1v) is 11.5. The first kappa shape index (κ1) is 19.8. The molecular weight excluding hydrogens is 364 g/mol. The third-order valence-corrected chi connectivity index (χ3v) is 8.15. The van der Waals surface area contributed by atoms with Crippen LogP contribution in [-0.2, 0) is 18.3 Å². The monoisotopic (exact) mass is 400 g/mol. The van der Waals surface area contributed by atoms with E-state index >= 15 is 0 Å². The Morgan fingerprint density at radius 1 is 1.24 bits per heavy atom. The van der Waals surface area contributed by atoms with Gasteiger partial charge in [-0.05, 0) is 98.7 Å². The Labute approximate surface area is 173 Å². The number of rotatable bonds is 5. The molecule has 0 radical (unpaired) electrons. The van der Waals surface area contributed by atoms with Crippen molar-refractivity contribution in [2.45, 2.75) is 88.0 Å². The summed E-state index contributed by atoms with van der Waals surface area (Å²) in [5.41, 5.74) is 2.29. The number of aliphatic hydroxyl groups excluding tert-OH is 1. The van der Waals surface area contributed by atoms with E-state index in [2.05, 4.69) is 24.5 Å². The van der Waals surface area contributed by atoms with Crippen molar-refractivity contribution in [3.8, 4) is 5.75 Å². The topological polar surface area (TPSA) is 84.8 Å². The summed E-state index contributed by atoms with van der Waals surface area (Å²) in [6.45, 7) is 6.01. The maximum Gasteiger partial charge on any atom is 0.116 e. The van der Waals surface area contributed by atoms with E-state index in [-0.39, 0.29) is 12.1 Å². The van der Waals surface area contributed by atoms with Crippen LogP contribution in [0.25, 0.3) is 0 Å². The summed E-state index contributed by atoms with van der Waals surface area (Å²) in [6.07, 6.45) is 5.80. The zero-order chi connectivity index (χ0) is 20.4. The molecule has 5 rings (SSSR count). The van der Waals surface area contributed by atoms with E-state index in [1.165, 1.54) is 24.0 Å². The molecule has 29 heavy (non-hydrogen) atoms. The van der Waals surface area contributed by atoms with Crippen LogP contribution < -0.4 is 10.6 Å². The minimum Gasteiger partial charge on any atom is -0.508 e. The molecular formula is C24H36N2O3. The van der Waals surface area contributed by atoms with Crippen LogP contribution in [0.3, 0.4) is 0 Å². The molecule has 1 aliphatic heterocycles. The molecule has 5 heteroatoms. The highest BCUT2D eigenvalue weighted by Gasteiger charge is 2.64. The number of fused-ring (bicyclic) bond motifs is 1. The van der Waals surface area contributed by atoms with Crippen LogP contribution >= 0.6 is 0 Å². The highest BCUT2D eigenvalue weighted by molar-refractivity contribution is 5.52. The van der Waals surface area contributed by atoms with Crippen molar-refractivity contribution in [1.82, 2.24) is 10.6 Å². The van der Waals surface area contributed by atoms with Crippen LogP contribution in [0.15, 0.2) is 12.1 Å². The van der Waals surface area contributed by atoms with Gasteiger partial charge in [0.2, 0.25) is 0 Å². The summed E-state index contributed by atoms with van der Waals surface area (Å²) in [5, 5.41) is 40.9. The molecule has 5 N–H and O–H groups in total. The van der Waals surface area contributed by atoms with Crippen molar-refractivity contribution in [2.24, 2.45) is 11.8 Å². The quantitative estimate of drug-likeness (QED) is 0.522. The lowest BCUT2D eigenvalue weighted by Crippen LogP contribution is -2.76. The molecule has 3 aliphatic carbocycles. The Balaban J connectivity index is 1.56. The average Bonchev–Trinajstić information content (AvgIpc) is 3.45. The van der Waals surface area contributed by atoms with Gasteiger partial charge < -0.3 is 26.0 Å². The Hall–Kier alpha value is -1.14. The summed E-state index contributed by atoms with van der Waals surface area (Å²) in [4.78, 5) is 0. The molecule has 160 valence electrons. The number of aliphatic hydroxyl groups is 2. The van der Waals surface area contributed by atoms with Crippen LogP contribution in [0.4, 0.5) is 0 Å². The van der Waals surface area contributed by atoms with Gasteiger partial charge in [-0.2, -0.15) is 0 Å². The van der Waals surface area contributed by atoms with Crippen LogP contribution in [0.1, 0.15) is 62.6 Å². The molecule has 1 saturated heterocycles. The zero-order valence-electron chi connectivity index (χ0n) is 17.7. The van der Waals surface area contributed by atoms with Crippen molar-refractivity contribution in [3.05, 3.63) is 28.8 Å². The highest BCUT2D eigenvalue weighted by atomic mass is 16.3. The van der Waals surface area contributed by atoms with Gasteiger partial charge >= 0.3 is 0 Å². The predicted molar refractivity (Wildman–Crippen MR) is 113 cm³/mol. The minimum atomic E-state index is -0.906. The molecule has 1 aromatic carbocycles. The van der Waals surface area contributed by atoms with Gasteiger partial charge in [0.05, 0.1) is 11.7 Å². The lowest BCUT2D eigenvalue weighted by atomic mass is 9.48. The molecule has 2 bridgehead atoms. The van der Waals surface area contributed by atoms with Crippen LogP contribution in [0.2, 0.25) is 0 Å². The largest absolute Gasteiger partial charge is 0.508 e. The third-order valence-electron chi connectivity index (χ3n) is 8.15. The molecule has 0 amide bonds. The second kappa shape index (κ2) is 6.94. The highest BCUT2D eigenvalue weighted by Crippen LogP contribution is 2.57. The lowest BCUT2D eigenvalue weighted by Gasteiger charge is -2.63. The first-order chi connectivity index (χ1) is 13.8. The van der Waals surface area contributed by atoms with Crippen molar-refractivity contribution >= 4 is 0 Å². The van der Waals surface area contributed by atoms with Gasteiger partial charge in [-0.3, -0.25) is 0 Å². The van der Waals surface area contributed by atoms with Crippen molar-refractivity contribution in [3.63, 3.8) is 0 Å². The third kappa shape index (κ3) is 3.13. The first-order valence-electron chi connectivity index (χ1n) is 11.5. The fourth-order valence-electron chi connectivity index (χ4n) is 6.48. The van der Waals surface area contributed by atoms with Crippen LogP contribution in [0, 0.1) is 11.8 Å². The Morgan fingerprint density at radius 2 is 2.03 bits per heavy atom. The smallest absolute Gasteiger partial charge is 0.116 e. The van der Waals surface area contributed by atoms with Gasteiger partial charge in [0.15, 0.2) is 0 Å². The van der Waals surface area contributed by atoms with Crippen molar-refractivity contribution in [1.29, 1.82) is 0 Å². The number of aromatic hydroxyl groups is 1. The van der Waals surface area contributed by atoms with Crippen LogP contribution in [-0.4, -0.2) is 52.2 Å². The molecule has 4 aliphatic rings. The van der Waals surface area contributed by atoms with Gasteiger partial charge in [0.1, 0.15) is 5.75 Å². The number of nitrogens with one attached hydrogen (secondary N) is 2. The number of benzene rings is 1. The Bertz CT molecular complexity index is 793. The number of piperidine rings is 1. The number of phenolic OH excluding ortho intramolecular Hbond substituents is 1. The molecule has 1 heterocycles. The fraction of sp³-hybridized carbons (Fsp3) is 0.750. The van der Waals surface area contributed by atoms with Gasteiger partial charge in [-0.1, -0.05) is 13.8 Å². The average molecular weight is 401 g/mol. The summed E-state index contributed by atoms with van der Waals surface area (Å²) < 4.78 is 0. The van der Waals surface area contributed by atoms with E-state index in [0.29, 0.717) is 24.5 Å². The Kier molecular flexibility index (Phi) is 4.74. The second-order valence-corrected chi connectivity index (χ2v) is 10.6. The maximum atomic E-state index is 12.1. The standard InChI is InChI=1S/C24H36N2O3/c1-14(2)13-26-20-11-24(29)22-10-18-16(7-15-3-4-15)8-17(27)9-19(18)23(24,5-6-25-22)12-21(20)28/h8-9,14-15,20-22,25-29H,3-7,10-13H2,1-2H3. The molecule has 5 unspecified atom stereocenters. The van der Waals surface area contributed by atoms with Gasteiger partial charge in [-0.15, -0.1) is 0 Å². The van der Waals surface area contributed by atoms with Crippen LogP contribution in [0.5, 0.6) is 5.75 Å². The fourth-order valence-corrected chi connectivity index (χ4v) is 6.48. The van der Waals surface area contributed by atoms with E-state index in [9.17, 15) is 15.3 Å².